The van der Waals surface area contributed by atoms with Gasteiger partial charge in [-0.25, -0.2) is 4.39 Å². The van der Waals surface area contributed by atoms with Crippen LogP contribution in [0.4, 0.5) is 4.39 Å². The molecule has 1 amide bonds. The minimum atomic E-state index is -0.419. The minimum absolute atomic E-state index is 0.0644. The zero-order chi connectivity index (χ0) is 12.3. The highest BCUT2D eigenvalue weighted by molar-refractivity contribution is 9.10. The van der Waals surface area contributed by atoms with Gasteiger partial charge < -0.3 is 4.90 Å². The van der Waals surface area contributed by atoms with Gasteiger partial charge in [-0.1, -0.05) is 31.9 Å². The molecule has 0 radical (unpaired) electrons. The summed E-state index contributed by atoms with van der Waals surface area (Å²) < 4.78 is 13.7. The second-order valence-corrected chi connectivity index (χ2v) is 5.14. The number of hydrogen-bond donors (Lipinski definition) is 0. The third-order valence-corrected chi connectivity index (χ3v) is 3.71. The summed E-state index contributed by atoms with van der Waals surface area (Å²) in [6.45, 7) is 1.92. The van der Waals surface area contributed by atoms with E-state index in [0.717, 1.165) is 0 Å². The number of alkyl halides is 1. The van der Waals surface area contributed by atoms with Crippen molar-refractivity contribution in [3.63, 3.8) is 0 Å². The predicted octanol–water partition coefficient (Wildman–Crippen LogP) is 3.44. The van der Waals surface area contributed by atoms with Crippen LogP contribution < -0.4 is 0 Å². The van der Waals surface area contributed by atoms with E-state index in [1.807, 2.05) is 6.92 Å². The van der Waals surface area contributed by atoms with Gasteiger partial charge in [0.05, 0.1) is 0 Å². The Morgan fingerprint density at radius 2 is 2.12 bits per heavy atom. The van der Waals surface area contributed by atoms with Crippen molar-refractivity contribution in [1.29, 1.82) is 0 Å². The minimum Gasteiger partial charge on any atom is -0.338 e. The van der Waals surface area contributed by atoms with Crippen molar-refractivity contribution in [2.24, 2.45) is 0 Å². The Hall–Kier alpha value is -0.420. The smallest absolute Gasteiger partial charge is 0.254 e. The molecule has 0 aliphatic rings. The number of carbonyl (C=O) groups excluding carboxylic acids is 1. The molecule has 1 atom stereocenters. The van der Waals surface area contributed by atoms with Gasteiger partial charge in [0.15, 0.2) is 0 Å². The Balaban J connectivity index is 2.96. The lowest BCUT2D eigenvalue weighted by atomic mass is 10.2. The van der Waals surface area contributed by atoms with Crippen molar-refractivity contribution in [3.8, 4) is 0 Å². The fraction of sp³-hybridized carbons (Fsp3) is 0.364. The average Bonchev–Trinajstić information content (AvgIpc) is 2.24. The van der Waals surface area contributed by atoms with Crippen LogP contribution in [0.15, 0.2) is 22.7 Å². The molecule has 0 aliphatic heterocycles. The zero-order valence-corrected chi connectivity index (χ0v) is 12.2. The zero-order valence-electron chi connectivity index (χ0n) is 9.01. The Morgan fingerprint density at radius 1 is 1.50 bits per heavy atom. The average molecular weight is 353 g/mol. The molecule has 0 saturated carbocycles. The first kappa shape index (κ1) is 13.6. The third-order valence-electron chi connectivity index (χ3n) is 2.31. The van der Waals surface area contributed by atoms with E-state index < -0.39 is 5.82 Å². The quantitative estimate of drug-likeness (QED) is 0.763. The first-order valence-corrected chi connectivity index (χ1v) is 6.66. The van der Waals surface area contributed by atoms with E-state index in [1.54, 1.807) is 18.0 Å². The maximum atomic E-state index is 13.1. The summed E-state index contributed by atoms with van der Waals surface area (Å²) >= 11 is 6.47. The molecule has 1 aromatic rings. The van der Waals surface area contributed by atoms with Crippen LogP contribution in [0.1, 0.15) is 17.3 Å². The van der Waals surface area contributed by atoms with E-state index >= 15 is 0 Å². The van der Waals surface area contributed by atoms with Gasteiger partial charge in [0.2, 0.25) is 0 Å². The van der Waals surface area contributed by atoms with Crippen LogP contribution in [0.3, 0.4) is 0 Å². The highest BCUT2D eigenvalue weighted by atomic mass is 79.9. The number of nitrogens with zero attached hydrogens (tertiary/aromatic N) is 1. The van der Waals surface area contributed by atoms with Crippen molar-refractivity contribution in [2.75, 3.05) is 12.4 Å². The van der Waals surface area contributed by atoms with E-state index in [9.17, 15) is 9.18 Å². The summed E-state index contributed by atoms with van der Waals surface area (Å²) in [5.74, 6) is -0.607. The molecule has 0 spiro atoms. The second kappa shape index (κ2) is 5.77. The standard InChI is InChI=1S/C11H12Br2FNO/c1-7(6-12)15(2)11(16)8-3-9(13)5-10(14)4-8/h3-5,7H,6H2,1-2H3. The summed E-state index contributed by atoms with van der Waals surface area (Å²) in [4.78, 5) is 13.5. The molecule has 0 aromatic heterocycles. The summed E-state index contributed by atoms with van der Waals surface area (Å²) in [5.41, 5.74) is 0.349. The molecule has 16 heavy (non-hydrogen) atoms. The van der Waals surface area contributed by atoms with E-state index in [0.29, 0.717) is 15.4 Å². The number of halogens is 3. The summed E-state index contributed by atoms with van der Waals surface area (Å²) in [7, 11) is 1.70. The van der Waals surface area contributed by atoms with Crippen LogP contribution in [0, 0.1) is 5.82 Å². The molecule has 1 unspecified atom stereocenters. The van der Waals surface area contributed by atoms with Crippen molar-refractivity contribution in [1.82, 2.24) is 4.90 Å². The highest BCUT2D eigenvalue weighted by Crippen LogP contribution is 2.17. The Morgan fingerprint density at radius 3 is 2.62 bits per heavy atom. The molecule has 0 aliphatic carbocycles. The Bertz CT molecular complexity index is 377. The van der Waals surface area contributed by atoms with Gasteiger partial charge in [-0.2, -0.15) is 0 Å². The van der Waals surface area contributed by atoms with Gasteiger partial charge in [-0.15, -0.1) is 0 Å². The molecule has 2 nitrogen and oxygen atoms in total. The molecule has 0 fully saturated rings. The molecule has 88 valence electrons. The molecule has 0 N–H and O–H groups in total. The topological polar surface area (TPSA) is 20.3 Å². The predicted molar refractivity (Wildman–Crippen MR) is 69.4 cm³/mol. The molecular formula is C11H12Br2FNO. The van der Waals surface area contributed by atoms with E-state index in [2.05, 4.69) is 31.9 Å². The molecule has 0 bridgehead atoms. The summed E-state index contributed by atoms with van der Waals surface area (Å²) in [6.07, 6.45) is 0. The molecular weight excluding hydrogens is 341 g/mol. The maximum absolute atomic E-state index is 13.1. The summed E-state index contributed by atoms with van der Waals surface area (Å²) in [5, 5.41) is 0.686. The SMILES string of the molecule is CC(CBr)N(C)C(=O)c1cc(F)cc(Br)c1. The summed E-state index contributed by atoms with van der Waals surface area (Å²) in [6, 6.07) is 4.24. The number of benzene rings is 1. The number of hydrogen-bond acceptors (Lipinski definition) is 1. The van der Waals surface area contributed by atoms with Crippen molar-refractivity contribution in [3.05, 3.63) is 34.1 Å². The lowest BCUT2D eigenvalue weighted by Crippen LogP contribution is -2.36. The van der Waals surface area contributed by atoms with E-state index in [-0.39, 0.29) is 11.9 Å². The molecule has 1 rings (SSSR count). The van der Waals surface area contributed by atoms with Gasteiger partial charge >= 0.3 is 0 Å². The fourth-order valence-electron chi connectivity index (χ4n) is 1.18. The molecule has 1 aromatic carbocycles. The third kappa shape index (κ3) is 3.28. The monoisotopic (exact) mass is 351 g/mol. The van der Waals surface area contributed by atoms with Crippen LogP contribution in [-0.4, -0.2) is 29.2 Å². The highest BCUT2D eigenvalue weighted by Gasteiger charge is 2.17. The normalized spacial score (nSPS) is 12.3. The molecule has 0 saturated heterocycles. The number of rotatable bonds is 3. The van der Waals surface area contributed by atoms with Crippen LogP contribution in [0.5, 0.6) is 0 Å². The van der Waals surface area contributed by atoms with Crippen LogP contribution in [-0.2, 0) is 0 Å². The van der Waals surface area contributed by atoms with Crippen molar-refractivity contribution >= 4 is 37.8 Å². The molecule has 5 heteroatoms. The van der Waals surface area contributed by atoms with Gasteiger partial charge in [-0.3, -0.25) is 4.79 Å². The van der Waals surface area contributed by atoms with Crippen LogP contribution in [0.25, 0.3) is 0 Å². The Labute approximate surface area is 111 Å². The van der Waals surface area contributed by atoms with Crippen LogP contribution in [0.2, 0.25) is 0 Å². The Kier molecular flexibility index (Phi) is 4.92. The lowest BCUT2D eigenvalue weighted by Gasteiger charge is -2.23. The van der Waals surface area contributed by atoms with Crippen molar-refractivity contribution < 1.29 is 9.18 Å². The first-order valence-electron chi connectivity index (χ1n) is 4.75. The first-order chi connectivity index (χ1) is 7.45. The van der Waals surface area contributed by atoms with Gasteiger partial charge in [0, 0.05) is 28.5 Å². The fourth-order valence-corrected chi connectivity index (χ4v) is 2.08. The maximum Gasteiger partial charge on any atom is 0.254 e. The van der Waals surface area contributed by atoms with Gasteiger partial charge in [-0.05, 0) is 25.1 Å². The van der Waals surface area contributed by atoms with Gasteiger partial charge in [0.25, 0.3) is 5.91 Å². The largest absolute Gasteiger partial charge is 0.338 e. The number of carbonyl (C=O) groups is 1. The molecule has 0 heterocycles. The van der Waals surface area contributed by atoms with E-state index in [1.165, 1.54) is 12.1 Å². The number of amides is 1. The van der Waals surface area contributed by atoms with Crippen LogP contribution >= 0.6 is 31.9 Å². The van der Waals surface area contributed by atoms with Crippen molar-refractivity contribution in [2.45, 2.75) is 13.0 Å². The van der Waals surface area contributed by atoms with E-state index in [4.69, 9.17) is 0 Å². The second-order valence-electron chi connectivity index (χ2n) is 3.58. The lowest BCUT2D eigenvalue weighted by molar-refractivity contribution is 0.0757. The van der Waals surface area contributed by atoms with Gasteiger partial charge in [0.1, 0.15) is 5.82 Å².